The van der Waals surface area contributed by atoms with Crippen LogP contribution in [0.2, 0.25) is 0 Å². The summed E-state index contributed by atoms with van der Waals surface area (Å²) in [6.45, 7) is 7.56. The number of esters is 5. The van der Waals surface area contributed by atoms with Crippen molar-refractivity contribution in [3.05, 3.63) is 0 Å². The molecule has 0 bridgehead atoms. The minimum Gasteiger partial charge on any atom is -0.456 e. The Morgan fingerprint density at radius 2 is 0.892 bits per heavy atom. The molecule has 0 radical (unpaired) electrons. The summed E-state index contributed by atoms with van der Waals surface area (Å²) >= 11 is 0. The van der Waals surface area contributed by atoms with E-state index >= 15 is 0 Å². The molecule has 0 saturated carbocycles. The lowest BCUT2D eigenvalue weighted by atomic mass is 9.98. The Balaban J connectivity index is 1.29. The summed E-state index contributed by atoms with van der Waals surface area (Å²) in [6, 6.07) is 0. The number of rotatable bonds is 46. The number of amides is 1. The molecule has 0 aromatic heterocycles. The summed E-state index contributed by atoms with van der Waals surface area (Å²) in [4.78, 5) is 87.7. The number of hydrogen-bond donors (Lipinski definition) is 6. The summed E-state index contributed by atoms with van der Waals surface area (Å²) in [5.74, 6) is -3.52. The number of unbranched alkanes of at least 4 members (excludes halogenated alkanes) is 18. The van der Waals surface area contributed by atoms with E-state index in [2.05, 4.69) is 24.3 Å². The monoisotopic (exact) mass is 1330 g/mol. The SMILES string of the molecule is CCCCC[C@H](O[C@@H]1OC[C@@H](O)[C@H](O[C@@H]2OC[C@@H](O[C@@H]3OC[C@H](OC(C)=O)[C@H](OC(C)=O)[C@H]3OC(C)=O)[C@H](O)[C@H]2O)[C@H]1O[C@@H]1OC[C@H](OC(C)=O)[C@H](OC(C)=O)[C@H]1O)[C@@H](O)CCCCCCCC(=O)CCCCCCCCCCCCCC(=O)NCCCCCN(C)C. The second-order valence-corrected chi connectivity index (χ2v) is 25.4. The fourth-order valence-corrected chi connectivity index (χ4v) is 11.9. The molecule has 18 atom stereocenters. The lowest BCUT2D eigenvalue weighted by Crippen LogP contribution is -2.65. The highest BCUT2D eigenvalue weighted by molar-refractivity contribution is 5.78. The first-order valence-electron chi connectivity index (χ1n) is 34.3. The second kappa shape index (κ2) is 45.4. The topological polar surface area (TPSA) is 356 Å². The van der Waals surface area contributed by atoms with Crippen LogP contribution >= 0.6 is 0 Å². The van der Waals surface area contributed by atoms with Crippen LogP contribution in [0.4, 0.5) is 0 Å². The van der Waals surface area contributed by atoms with Gasteiger partial charge in [0.15, 0.2) is 55.7 Å². The first-order chi connectivity index (χ1) is 44.5. The summed E-state index contributed by atoms with van der Waals surface area (Å²) in [5, 5.41) is 61.4. The highest BCUT2D eigenvalue weighted by Crippen LogP contribution is 2.35. The van der Waals surface area contributed by atoms with E-state index in [9.17, 15) is 59.1 Å². The van der Waals surface area contributed by atoms with Crippen LogP contribution in [0.5, 0.6) is 0 Å². The van der Waals surface area contributed by atoms with Gasteiger partial charge in [-0.25, -0.2) is 0 Å². The lowest BCUT2D eigenvalue weighted by Gasteiger charge is -2.47. The molecule has 4 aliphatic rings. The number of hydrogen-bond acceptors (Lipinski definition) is 26. The van der Waals surface area contributed by atoms with Crippen LogP contribution in [0.3, 0.4) is 0 Å². The Hall–Kier alpha value is -4.07. The van der Waals surface area contributed by atoms with Crippen LogP contribution in [0.15, 0.2) is 0 Å². The van der Waals surface area contributed by atoms with Gasteiger partial charge in [-0.3, -0.25) is 33.6 Å². The van der Waals surface area contributed by atoms with Gasteiger partial charge < -0.3 is 97.3 Å². The van der Waals surface area contributed by atoms with E-state index < -0.39 is 167 Å². The standard InChI is InChI=1S/C66H114N2O25/c1-9-10-24-34-50(48(75)33-27-21-18-20-26-32-47(74)31-25-19-16-14-12-11-13-15-17-22-28-35-54(77)67-36-29-23-30-37-68(7)8)90-65-61(93-64-57(80)59(87-44(4)71)52(40-83-64)85-42(2)69)58(49(76)38-81-65)92-63-56(79)55(78)51(39-82-63)91-66-62(89-46(6)73)60(88-45(5)72)53(41-84-66)86-43(3)70/h48-53,55-66,75-76,78-80H,9-41H2,1-8H3,(H,67,77)/t48-,49+,50-,51+,52-,53-,55-,56+,57+,58-,59-,60-,61+,62+,63-,64-,65-,66-/m0/s1. The third-order valence-electron chi connectivity index (χ3n) is 16.8. The fraction of sp³-hybridized carbons (Fsp3) is 0.894. The van der Waals surface area contributed by atoms with E-state index in [0.29, 0.717) is 44.9 Å². The number of Topliss-reactive ketones (excluding diaryl/α,β-unsaturated/α-hetero) is 1. The van der Waals surface area contributed by atoms with Crippen molar-refractivity contribution in [3.63, 3.8) is 0 Å². The third kappa shape index (κ3) is 31.3. The Morgan fingerprint density at radius 1 is 0.441 bits per heavy atom. The van der Waals surface area contributed by atoms with E-state index in [1.807, 2.05) is 6.92 Å². The van der Waals surface area contributed by atoms with Gasteiger partial charge in [0.2, 0.25) is 5.91 Å². The van der Waals surface area contributed by atoms with Crippen molar-refractivity contribution in [1.82, 2.24) is 10.2 Å². The Labute approximate surface area is 549 Å². The number of carbonyl (C=O) groups is 7. The maximum Gasteiger partial charge on any atom is 0.303 e. The summed E-state index contributed by atoms with van der Waals surface area (Å²) in [6.07, 6.45) is -2.72. The van der Waals surface area contributed by atoms with E-state index in [1.165, 1.54) is 38.5 Å². The minimum absolute atomic E-state index is 0.172. The van der Waals surface area contributed by atoms with E-state index in [4.69, 9.17) is 61.6 Å². The molecule has 0 aliphatic carbocycles. The molecule has 0 aromatic carbocycles. The Morgan fingerprint density at radius 3 is 1.45 bits per heavy atom. The smallest absolute Gasteiger partial charge is 0.303 e. The maximum absolute atomic E-state index is 12.7. The number of ketones is 1. The van der Waals surface area contributed by atoms with E-state index in [0.717, 1.165) is 138 Å². The van der Waals surface area contributed by atoms with Crippen molar-refractivity contribution in [2.45, 2.75) is 326 Å². The first kappa shape index (κ1) is 81.4. The van der Waals surface area contributed by atoms with Crippen LogP contribution in [-0.4, -0.2) is 236 Å². The van der Waals surface area contributed by atoms with Crippen LogP contribution < -0.4 is 5.32 Å². The molecule has 6 N–H and O–H groups in total. The molecular formula is C66H114N2O25. The van der Waals surface area contributed by atoms with Gasteiger partial charge in [0, 0.05) is 60.4 Å². The minimum atomic E-state index is -1.95. The van der Waals surface area contributed by atoms with Gasteiger partial charge >= 0.3 is 29.8 Å². The van der Waals surface area contributed by atoms with Crippen molar-refractivity contribution in [2.75, 3.05) is 53.6 Å². The average Bonchev–Trinajstić information content (AvgIpc) is 0.821. The first-order valence-corrected chi connectivity index (χ1v) is 34.3. The zero-order chi connectivity index (χ0) is 68.2. The highest BCUT2D eigenvalue weighted by Gasteiger charge is 2.54. The zero-order valence-corrected chi connectivity index (χ0v) is 56.6. The average molecular weight is 1340 g/mol. The van der Waals surface area contributed by atoms with Crippen LogP contribution in [-0.2, 0) is 95.1 Å². The quantitative estimate of drug-likeness (QED) is 0.0259. The molecule has 27 nitrogen and oxygen atoms in total. The highest BCUT2D eigenvalue weighted by atomic mass is 16.8. The molecule has 4 fully saturated rings. The molecule has 4 heterocycles. The van der Waals surface area contributed by atoms with Gasteiger partial charge in [-0.1, -0.05) is 116 Å². The molecule has 27 heteroatoms. The van der Waals surface area contributed by atoms with Crippen LogP contribution in [0, 0.1) is 0 Å². The molecule has 1 amide bonds. The fourth-order valence-electron chi connectivity index (χ4n) is 11.9. The van der Waals surface area contributed by atoms with Gasteiger partial charge in [-0.15, -0.1) is 0 Å². The maximum atomic E-state index is 12.7. The van der Waals surface area contributed by atoms with Crippen LogP contribution in [0.1, 0.15) is 215 Å². The predicted molar refractivity (Wildman–Crippen MR) is 333 cm³/mol. The number of nitrogens with one attached hydrogen (secondary N) is 1. The van der Waals surface area contributed by atoms with E-state index in [-0.39, 0.29) is 11.7 Å². The van der Waals surface area contributed by atoms with Crippen molar-refractivity contribution in [3.8, 4) is 0 Å². The largest absolute Gasteiger partial charge is 0.456 e. The normalized spacial score (nSPS) is 28.8. The van der Waals surface area contributed by atoms with Gasteiger partial charge in [-0.05, 0) is 65.6 Å². The number of ether oxygens (including phenoxy) is 13. The Bertz CT molecular complexity index is 2160. The molecule has 4 aliphatic heterocycles. The number of aliphatic hydroxyl groups excluding tert-OH is 5. The molecule has 93 heavy (non-hydrogen) atoms. The van der Waals surface area contributed by atoms with Gasteiger partial charge in [0.05, 0.1) is 38.6 Å². The van der Waals surface area contributed by atoms with Crippen molar-refractivity contribution < 1.29 is 121 Å². The van der Waals surface area contributed by atoms with Crippen LogP contribution in [0.25, 0.3) is 0 Å². The third-order valence-corrected chi connectivity index (χ3v) is 16.8. The number of aliphatic hydroxyl groups is 5. The predicted octanol–water partition coefficient (Wildman–Crippen LogP) is 5.21. The summed E-state index contributed by atoms with van der Waals surface area (Å²) < 4.78 is 75.6. The van der Waals surface area contributed by atoms with Gasteiger partial charge in [-0.2, -0.15) is 0 Å². The molecule has 0 unspecified atom stereocenters. The molecular weight excluding hydrogens is 1220 g/mol. The molecule has 0 spiro atoms. The second-order valence-electron chi connectivity index (χ2n) is 25.4. The molecule has 4 rings (SSSR count). The van der Waals surface area contributed by atoms with Crippen molar-refractivity contribution in [1.29, 1.82) is 0 Å². The summed E-state index contributed by atoms with van der Waals surface area (Å²) in [5.41, 5.74) is 0. The summed E-state index contributed by atoms with van der Waals surface area (Å²) in [7, 11) is 4.16. The number of nitrogens with zero attached hydrogens (tertiary/aromatic N) is 1. The number of carbonyl (C=O) groups excluding carboxylic acids is 7. The molecule has 0 aromatic rings. The lowest BCUT2D eigenvalue weighted by molar-refractivity contribution is -0.379. The molecule has 538 valence electrons. The van der Waals surface area contributed by atoms with E-state index in [1.54, 1.807) is 0 Å². The zero-order valence-electron chi connectivity index (χ0n) is 56.6. The van der Waals surface area contributed by atoms with Gasteiger partial charge in [0.25, 0.3) is 0 Å². The Kier molecular flexibility index (Phi) is 39.7. The van der Waals surface area contributed by atoms with Crippen molar-refractivity contribution in [2.24, 2.45) is 0 Å². The van der Waals surface area contributed by atoms with Crippen molar-refractivity contribution >= 4 is 41.5 Å². The molecule has 4 saturated heterocycles. The van der Waals surface area contributed by atoms with Gasteiger partial charge in [0.1, 0.15) is 48.5 Å².